The molecule has 0 aromatic heterocycles. The van der Waals surface area contributed by atoms with E-state index in [0.717, 1.165) is 18.7 Å². The molecular weight excluding hydrogens is 194 g/mol. The van der Waals surface area contributed by atoms with Crippen LogP contribution in [0, 0.1) is 0 Å². The fraction of sp³-hybridized carbons (Fsp3) is 0.500. The molecule has 78 valence electrons. The molecule has 0 bridgehead atoms. The minimum Gasteiger partial charge on any atom is -0.306 e. The molecule has 0 aliphatic rings. The van der Waals surface area contributed by atoms with Crippen molar-refractivity contribution in [1.82, 2.24) is 4.90 Å². The summed E-state index contributed by atoms with van der Waals surface area (Å²) in [5.74, 6) is 0.732. The van der Waals surface area contributed by atoms with Gasteiger partial charge in [0.15, 0.2) is 0 Å². The van der Waals surface area contributed by atoms with Crippen LogP contribution in [0.1, 0.15) is 12.0 Å². The Labute approximate surface area is 91.7 Å². The van der Waals surface area contributed by atoms with Crippen LogP contribution in [0.5, 0.6) is 0 Å². The van der Waals surface area contributed by atoms with Gasteiger partial charge in [0.25, 0.3) is 0 Å². The molecule has 1 aromatic carbocycles. The van der Waals surface area contributed by atoms with Crippen molar-refractivity contribution in [2.45, 2.75) is 18.9 Å². The Kier molecular flexibility index (Phi) is 4.99. The van der Waals surface area contributed by atoms with Crippen molar-refractivity contribution in [3.05, 3.63) is 35.9 Å². The third kappa shape index (κ3) is 3.69. The first-order chi connectivity index (χ1) is 6.74. The molecule has 0 aliphatic heterocycles. The van der Waals surface area contributed by atoms with Crippen LogP contribution in [0.15, 0.2) is 30.3 Å². The molecule has 0 fully saturated rings. The van der Waals surface area contributed by atoms with Gasteiger partial charge in [-0.05, 0) is 32.5 Å². The number of nitrogens with zero attached hydrogens (tertiary/aromatic N) is 1. The lowest BCUT2D eigenvalue weighted by Crippen LogP contribution is -2.30. The Morgan fingerprint density at radius 3 is 2.36 bits per heavy atom. The molecule has 1 atom stereocenters. The number of alkyl halides is 1. The predicted octanol–water partition coefficient (Wildman–Crippen LogP) is 2.79. The van der Waals surface area contributed by atoms with Crippen LogP contribution in [0.2, 0.25) is 0 Å². The lowest BCUT2D eigenvalue weighted by Gasteiger charge is -2.23. The average Bonchev–Trinajstić information content (AvgIpc) is 2.18. The number of benzene rings is 1. The van der Waals surface area contributed by atoms with Crippen molar-refractivity contribution >= 4 is 11.6 Å². The van der Waals surface area contributed by atoms with E-state index in [-0.39, 0.29) is 0 Å². The van der Waals surface area contributed by atoms with Gasteiger partial charge in [0.05, 0.1) is 0 Å². The van der Waals surface area contributed by atoms with Crippen molar-refractivity contribution in [1.29, 1.82) is 0 Å². The van der Waals surface area contributed by atoms with E-state index < -0.39 is 0 Å². The van der Waals surface area contributed by atoms with Crippen LogP contribution < -0.4 is 0 Å². The zero-order valence-corrected chi connectivity index (χ0v) is 9.67. The molecule has 0 amide bonds. The van der Waals surface area contributed by atoms with Crippen molar-refractivity contribution in [2.24, 2.45) is 0 Å². The number of halogens is 1. The maximum Gasteiger partial charge on any atom is 0.0238 e. The van der Waals surface area contributed by atoms with Crippen LogP contribution in [0.3, 0.4) is 0 Å². The zero-order valence-electron chi connectivity index (χ0n) is 8.91. The van der Waals surface area contributed by atoms with Gasteiger partial charge in [0, 0.05) is 11.9 Å². The monoisotopic (exact) mass is 211 g/mol. The lowest BCUT2D eigenvalue weighted by atomic mass is 10.0. The molecule has 0 aliphatic carbocycles. The van der Waals surface area contributed by atoms with Gasteiger partial charge in [-0.1, -0.05) is 30.3 Å². The second kappa shape index (κ2) is 6.05. The molecule has 0 saturated heterocycles. The zero-order chi connectivity index (χ0) is 10.4. The van der Waals surface area contributed by atoms with Gasteiger partial charge in [0.1, 0.15) is 0 Å². The minimum atomic E-state index is 0.551. The number of hydrogen-bond donors (Lipinski definition) is 0. The van der Waals surface area contributed by atoms with E-state index in [0.29, 0.717) is 6.04 Å². The van der Waals surface area contributed by atoms with E-state index in [1.807, 2.05) is 0 Å². The van der Waals surface area contributed by atoms with E-state index in [2.05, 4.69) is 49.3 Å². The van der Waals surface area contributed by atoms with E-state index in [1.54, 1.807) is 0 Å². The molecule has 1 aromatic rings. The lowest BCUT2D eigenvalue weighted by molar-refractivity contribution is 0.285. The highest BCUT2D eigenvalue weighted by Crippen LogP contribution is 2.10. The quantitative estimate of drug-likeness (QED) is 0.678. The van der Waals surface area contributed by atoms with Gasteiger partial charge in [0.2, 0.25) is 0 Å². The second-order valence-corrected chi connectivity index (χ2v) is 4.16. The first kappa shape index (κ1) is 11.5. The summed E-state index contributed by atoms with van der Waals surface area (Å²) in [7, 11) is 4.22. The van der Waals surface area contributed by atoms with Crippen LogP contribution in [0.25, 0.3) is 0 Å². The molecule has 1 rings (SSSR count). The molecular formula is C12H18ClN. The Balaban J connectivity index is 2.55. The largest absolute Gasteiger partial charge is 0.306 e. The molecule has 0 radical (unpaired) electrons. The number of rotatable bonds is 5. The summed E-state index contributed by atoms with van der Waals surface area (Å²) < 4.78 is 0. The smallest absolute Gasteiger partial charge is 0.0238 e. The Bertz CT molecular complexity index is 246. The predicted molar refractivity (Wildman–Crippen MR) is 63.0 cm³/mol. The first-order valence-electron chi connectivity index (χ1n) is 5.00. The molecule has 0 saturated carbocycles. The third-order valence-corrected chi connectivity index (χ3v) is 2.70. The molecule has 1 unspecified atom stereocenters. The summed E-state index contributed by atoms with van der Waals surface area (Å²) >= 11 is 5.78. The standard InChI is InChI=1S/C12H18ClN/c1-14(2)12(8-9-13)10-11-6-4-3-5-7-11/h3-7,12H,8-10H2,1-2H3. The molecule has 0 spiro atoms. The van der Waals surface area contributed by atoms with Crippen molar-refractivity contribution in [3.8, 4) is 0 Å². The number of likely N-dealkylation sites (N-methyl/N-ethyl adjacent to an activating group) is 1. The van der Waals surface area contributed by atoms with E-state index >= 15 is 0 Å². The summed E-state index contributed by atoms with van der Waals surface area (Å²) in [6.45, 7) is 0. The maximum atomic E-state index is 5.78. The fourth-order valence-electron chi connectivity index (χ4n) is 1.55. The third-order valence-electron chi connectivity index (χ3n) is 2.49. The Morgan fingerprint density at radius 1 is 1.21 bits per heavy atom. The highest BCUT2D eigenvalue weighted by molar-refractivity contribution is 6.17. The van der Waals surface area contributed by atoms with Crippen LogP contribution in [-0.2, 0) is 6.42 Å². The van der Waals surface area contributed by atoms with Gasteiger partial charge >= 0.3 is 0 Å². The maximum absolute atomic E-state index is 5.78. The van der Waals surface area contributed by atoms with Crippen molar-refractivity contribution in [2.75, 3.05) is 20.0 Å². The van der Waals surface area contributed by atoms with Crippen LogP contribution in [-0.4, -0.2) is 30.9 Å². The van der Waals surface area contributed by atoms with Gasteiger partial charge in [-0.25, -0.2) is 0 Å². The molecule has 14 heavy (non-hydrogen) atoms. The van der Waals surface area contributed by atoms with Gasteiger partial charge in [-0.3, -0.25) is 0 Å². The molecule has 2 heteroatoms. The molecule has 0 heterocycles. The summed E-state index contributed by atoms with van der Waals surface area (Å²) in [6, 6.07) is 11.1. The summed E-state index contributed by atoms with van der Waals surface area (Å²) in [5, 5.41) is 0. The number of hydrogen-bond acceptors (Lipinski definition) is 1. The summed E-state index contributed by atoms with van der Waals surface area (Å²) in [6.07, 6.45) is 2.13. The van der Waals surface area contributed by atoms with Crippen molar-refractivity contribution in [3.63, 3.8) is 0 Å². The van der Waals surface area contributed by atoms with E-state index in [9.17, 15) is 0 Å². The van der Waals surface area contributed by atoms with Gasteiger partial charge in [-0.2, -0.15) is 0 Å². The Morgan fingerprint density at radius 2 is 1.86 bits per heavy atom. The van der Waals surface area contributed by atoms with Crippen LogP contribution >= 0.6 is 11.6 Å². The van der Waals surface area contributed by atoms with Gasteiger partial charge < -0.3 is 4.90 Å². The summed E-state index contributed by atoms with van der Waals surface area (Å²) in [4.78, 5) is 2.25. The van der Waals surface area contributed by atoms with E-state index in [1.165, 1.54) is 5.56 Å². The fourth-order valence-corrected chi connectivity index (χ4v) is 1.81. The topological polar surface area (TPSA) is 3.24 Å². The van der Waals surface area contributed by atoms with Crippen molar-refractivity contribution < 1.29 is 0 Å². The normalized spacial score (nSPS) is 13.1. The highest BCUT2D eigenvalue weighted by atomic mass is 35.5. The Hall–Kier alpha value is -0.530. The van der Waals surface area contributed by atoms with Crippen LogP contribution in [0.4, 0.5) is 0 Å². The van der Waals surface area contributed by atoms with Gasteiger partial charge in [-0.15, -0.1) is 11.6 Å². The molecule has 1 nitrogen and oxygen atoms in total. The average molecular weight is 212 g/mol. The second-order valence-electron chi connectivity index (χ2n) is 3.78. The van der Waals surface area contributed by atoms with E-state index in [4.69, 9.17) is 11.6 Å². The SMILES string of the molecule is CN(C)C(CCCl)Cc1ccccc1. The highest BCUT2D eigenvalue weighted by Gasteiger charge is 2.10. The molecule has 0 N–H and O–H groups in total. The minimum absolute atomic E-state index is 0.551. The summed E-state index contributed by atoms with van der Waals surface area (Å²) in [5.41, 5.74) is 1.39. The first-order valence-corrected chi connectivity index (χ1v) is 5.54.